The van der Waals surface area contributed by atoms with Crippen LogP contribution in [0.2, 0.25) is 0 Å². The topological polar surface area (TPSA) is 96.8 Å². The zero-order valence-corrected chi connectivity index (χ0v) is 15.0. The predicted octanol–water partition coefficient (Wildman–Crippen LogP) is 1.84. The summed E-state index contributed by atoms with van der Waals surface area (Å²) in [7, 11) is 0. The fourth-order valence-corrected chi connectivity index (χ4v) is 3.74. The predicted molar refractivity (Wildman–Crippen MR) is 99.8 cm³/mol. The zero-order valence-electron chi connectivity index (χ0n) is 14.2. The fraction of sp³-hybridized carbons (Fsp3) is 0.333. The number of amides is 1. The molecule has 2 N–H and O–H groups in total. The number of pyridine rings is 1. The Kier molecular flexibility index (Phi) is 4.20. The third-order valence-corrected chi connectivity index (χ3v) is 5.18. The van der Waals surface area contributed by atoms with E-state index in [2.05, 4.69) is 20.7 Å². The van der Waals surface area contributed by atoms with Gasteiger partial charge in [-0.05, 0) is 54.6 Å². The third kappa shape index (κ3) is 3.20. The molecule has 1 amide bonds. The van der Waals surface area contributed by atoms with E-state index < -0.39 is 11.2 Å². The lowest BCUT2D eigenvalue weighted by Gasteiger charge is -2.13. The SMILES string of the molecule is CC(Cc1ccsc1)NC(=O)c1cnc2c(c1)c(=O)[nH]c(=O)n2C1CC1. The molecule has 134 valence electrons. The van der Waals surface area contributed by atoms with Crippen molar-refractivity contribution in [2.75, 3.05) is 0 Å². The summed E-state index contributed by atoms with van der Waals surface area (Å²) in [5.41, 5.74) is 0.851. The maximum absolute atomic E-state index is 12.5. The van der Waals surface area contributed by atoms with Gasteiger partial charge in [-0.3, -0.25) is 19.1 Å². The molecule has 0 aliphatic heterocycles. The van der Waals surface area contributed by atoms with Gasteiger partial charge in [0.2, 0.25) is 0 Å². The number of thiophene rings is 1. The van der Waals surface area contributed by atoms with Crippen LogP contribution in [-0.4, -0.2) is 26.5 Å². The van der Waals surface area contributed by atoms with Crippen molar-refractivity contribution in [1.82, 2.24) is 19.9 Å². The van der Waals surface area contributed by atoms with Crippen molar-refractivity contribution in [2.24, 2.45) is 0 Å². The molecular formula is C18H18N4O3S. The molecule has 1 atom stereocenters. The van der Waals surface area contributed by atoms with Crippen LogP contribution in [0, 0.1) is 0 Å². The third-order valence-electron chi connectivity index (χ3n) is 4.45. The van der Waals surface area contributed by atoms with Crippen molar-refractivity contribution in [3.05, 3.63) is 61.1 Å². The molecule has 1 aliphatic carbocycles. The van der Waals surface area contributed by atoms with Gasteiger partial charge in [0.15, 0.2) is 0 Å². The Morgan fingerprint density at radius 3 is 2.96 bits per heavy atom. The number of carbonyl (C=O) groups excluding carboxylic acids is 1. The molecule has 4 rings (SSSR count). The number of hydrogen-bond acceptors (Lipinski definition) is 5. The van der Waals surface area contributed by atoms with Crippen LogP contribution in [0.3, 0.4) is 0 Å². The average molecular weight is 370 g/mol. The van der Waals surface area contributed by atoms with Crippen molar-refractivity contribution in [3.8, 4) is 0 Å². The van der Waals surface area contributed by atoms with E-state index in [1.807, 2.05) is 18.4 Å². The number of rotatable bonds is 5. The van der Waals surface area contributed by atoms with Crippen LogP contribution in [0.15, 0.2) is 38.7 Å². The van der Waals surface area contributed by atoms with E-state index in [1.54, 1.807) is 11.3 Å². The Morgan fingerprint density at radius 1 is 1.46 bits per heavy atom. The van der Waals surface area contributed by atoms with Crippen LogP contribution in [-0.2, 0) is 6.42 Å². The summed E-state index contributed by atoms with van der Waals surface area (Å²) >= 11 is 1.62. The molecule has 0 bridgehead atoms. The Bertz CT molecular complexity index is 1080. The Morgan fingerprint density at radius 2 is 2.27 bits per heavy atom. The highest BCUT2D eigenvalue weighted by atomic mass is 32.1. The maximum atomic E-state index is 12.5. The Balaban J connectivity index is 1.61. The second-order valence-corrected chi connectivity index (χ2v) is 7.45. The quantitative estimate of drug-likeness (QED) is 0.716. The highest BCUT2D eigenvalue weighted by Gasteiger charge is 2.27. The molecule has 3 heterocycles. The standard InChI is InChI=1S/C18H18N4O3S/c1-10(6-11-4-5-26-9-11)20-16(23)12-7-14-15(19-8-12)22(13-2-3-13)18(25)21-17(14)24/h4-5,7-10,13H,2-3,6H2,1H3,(H,20,23)(H,21,24,25). The molecule has 7 nitrogen and oxygen atoms in total. The summed E-state index contributed by atoms with van der Waals surface area (Å²) in [6.45, 7) is 1.93. The Hall–Kier alpha value is -2.74. The molecule has 3 aromatic rings. The molecule has 8 heteroatoms. The van der Waals surface area contributed by atoms with Crippen LogP contribution < -0.4 is 16.6 Å². The minimum absolute atomic E-state index is 0.0495. The molecule has 0 spiro atoms. The van der Waals surface area contributed by atoms with Gasteiger partial charge in [0, 0.05) is 18.3 Å². The molecule has 26 heavy (non-hydrogen) atoms. The van der Waals surface area contributed by atoms with Gasteiger partial charge in [0.05, 0.1) is 10.9 Å². The normalized spacial score (nSPS) is 15.1. The van der Waals surface area contributed by atoms with Gasteiger partial charge in [-0.2, -0.15) is 11.3 Å². The molecule has 1 aliphatic rings. The summed E-state index contributed by atoms with van der Waals surface area (Å²) < 4.78 is 1.51. The number of H-pyrrole nitrogens is 1. The molecule has 1 saturated carbocycles. The van der Waals surface area contributed by atoms with Crippen molar-refractivity contribution in [1.29, 1.82) is 0 Å². The van der Waals surface area contributed by atoms with Gasteiger partial charge < -0.3 is 5.32 Å². The number of hydrogen-bond donors (Lipinski definition) is 2. The maximum Gasteiger partial charge on any atom is 0.330 e. The minimum Gasteiger partial charge on any atom is -0.349 e. The van der Waals surface area contributed by atoms with E-state index in [0.717, 1.165) is 19.3 Å². The molecule has 0 radical (unpaired) electrons. The molecule has 1 fully saturated rings. The van der Waals surface area contributed by atoms with E-state index in [0.29, 0.717) is 11.2 Å². The number of nitrogens with one attached hydrogen (secondary N) is 2. The molecule has 3 aromatic heterocycles. The van der Waals surface area contributed by atoms with Crippen molar-refractivity contribution < 1.29 is 4.79 Å². The van der Waals surface area contributed by atoms with Crippen LogP contribution in [0.4, 0.5) is 0 Å². The van der Waals surface area contributed by atoms with E-state index in [1.165, 1.54) is 22.4 Å². The summed E-state index contributed by atoms with van der Waals surface area (Å²) in [6, 6.07) is 3.57. The largest absolute Gasteiger partial charge is 0.349 e. The summed E-state index contributed by atoms with van der Waals surface area (Å²) in [5.74, 6) is -0.286. The van der Waals surface area contributed by atoms with Gasteiger partial charge in [0.25, 0.3) is 11.5 Å². The smallest absolute Gasteiger partial charge is 0.330 e. The molecule has 0 saturated heterocycles. The number of aromatic amines is 1. The van der Waals surface area contributed by atoms with Gasteiger partial charge in [-0.1, -0.05) is 0 Å². The lowest BCUT2D eigenvalue weighted by molar-refractivity contribution is 0.0940. The lowest BCUT2D eigenvalue weighted by Crippen LogP contribution is -2.34. The van der Waals surface area contributed by atoms with Gasteiger partial charge in [0.1, 0.15) is 5.65 Å². The number of carbonyl (C=O) groups is 1. The lowest BCUT2D eigenvalue weighted by atomic mass is 10.1. The van der Waals surface area contributed by atoms with Crippen molar-refractivity contribution in [3.63, 3.8) is 0 Å². The van der Waals surface area contributed by atoms with Crippen LogP contribution in [0.1, 0.15) is 41.7 Å². The number of nitrogens with zero attached hydrogens (tertiary/aromatic N) is 2. The summed E-state index contributed by atoms with van der Waals surface area (Å²) in [5, 5.41) is 7.24. The highest BCUT2D eigenvalue weighted by Crippen LogP contribution is 2.34. The van der Waals surface area contributed by atoms with Crippen molar-refractivity contribution >= 4 is 28.3 Å². The van der Waals surface area contributed by atoms with Crippen LogP contribution in [0.25, 0.3) is 11.0 Å². The summed E-state index contributed by atoms with van der Waals surface area (Å²) in [4.78, 5) is 43.3. The minimum atomic E-state index is -0.518. The van der Waals surface area contributed by atoms with E-state index in [9.17, 15) is 14.4 Å². The number of aromatic nitrogens is 3. The molecule has 0 aromatic carbocycles. The van der Waals surface area contributed by atoms with Crippen molar-refractivity contribution in [2.45, 2.75) is 38.3 Å². The van der Waals surface area contributed by atoms with Crippen LogP contribution in [0.5, 0.6) is 0 Å². The second kappa shape index (κ2) is 6.53. The zero-order chi connectivity index (χ0) is 18.3. The number of fused-ring (bicyclic) bond motifs is 1. The second-order valence-electron chi connectivity index (χ2n) is 6.67. The Labute approximate surface area is 152 Å². The fourth-order valence-electron chi connectivity index (χ4n) is 3.05. The summed E-state index contributed by atoms with van der Waals surface area (Å²) in [6.07, 6.45) is 3.95. The first kappa shape index (κ1) is 16.7. The van der Waals surface area contributed by atoms with E-state index >= 15 is 0 Å². The molecule has 1 unspecified atom stereocenters. The monoisotopic (exact) mass is 370 g/mol. The van der Waals surface area contributed by atoms with Gasteiger partial charge >= 0.3 is 5.69 Å². The van der Waals surface area contributed by atoms with Crippen LogP contribution >= 0.6 is 11.3 Å². The van der Waals surface area contributed by atoms with E-state index in [-0.39, 0.29) is 23.4 Å². The van der Waals surface area contributed by atoms with E-state index in [4.69, 9.17) is 0 Å². The molecular weight excluding hydrogens is 352 g/mol. The first-order valence-electron chi connectivity index (χ1n) is 8.49. The first-order valence-corrected chi connectivity index (χ1v) is 9.43. The van der Waals surface area contributed by atoms with Gasteiger partial charge in [-0.15, -0.1) is 0 Å². The highest BCUT2D eigenvalue weighted by molar-refractivity contribution is 7.07. The first-order chi connectivity index (χ1) is 12.5. The average Bonchev–Trinajstić information content (AvgIpc) is 3.30. The van der Waals surface area contributed by atoms with Gasteiger partial charge in [-0.25, -0.2) is 9.78 Å².